The van der Waals surface area contributed by atoms with Crippen LogP contribution in [-0.2, 0) is 10.0 Å². The highest BCUT2D eigenvalue weighted by molar-refractivity contribution is 7.93. The summed E-state index contributed by atoms with van der Waals surface area (Å²) in [6.07, 6.45) is 0.549. The average Bonchev–Trinajstić information content (AvgIpc) is 2.72. The molecule has 1 aliphatic heterocycles. The van der Waals surface area contributed by atoms with Crippen LogP contribution in [0.25, 0.3) is 0 Å². The number of sulfonamides is 1. The van der Waals surface area contributed by atoms with Crippen LogP contribution in [0.3, 0.4) is 0 Å². The Morgan fingerprint density at radius 3 is 2.53 bits per heavy atom. The van der Waals surface area contributed by atoms with Crippen LogP contribution in [-0.4, -0.2) is 41.0 Å². The van der Waals surface area contributed by atoms with E-state index in [1.807, 2.05) is 0 Å². The molecule has 1 unspecified atom stereocenters. The van der Waals surface area contributed by atoms with Crippen molar-refractivity contribution in [3.63, 3.8) is 0 Å². The summed E-state index contributed by atoms with van der Waals surface area (Å²) in [7, 11) is -0.311. The fraction of sp³-hybridized carbons (Fsp3) is 0.500. The van der Waals surface area contributed by atoms with Gasteiger partial charge in [0.2, 0.25) is 10.0 Å². The van der Waals surface area contributed by atoms with Gasteiger partial charge in [-0.1, -0.05) is 0 Å². The smallest absolute Gasteiger partial charge is 0.239 e. The van der Waals surface area contributed by atoms with E-state index in [1.54, 1.807) is 18.2 Å². The molecule has 0 radical (unpaired) electrons. The lowest BCUT2D eigenvalue weighted by Crippen LogP contribution is -2.33. The summed E-state index contributed by atoms with van der Waals surface area (Å²) < 4.78 is 36.2. The van der Waals surface area contributed by atoms with E-state index in [0.717, 1.165) is 0 Å². The van der Waals surface area contributed by atoms with Gasteiger partial charge in [0, 0.05) is 19.2 Å². The highest BCUT2D eigenvalue weighted by atomic mass is 32.2. The Balaban J connectivity index is 2.38. The van der Waals surface area contributed by atoms with Gasteiger partial charge in [-0.15, -0.1) is 0 Å². The van der Waals surface area contributed by atoms with Gasteiger partial charge in [-0.3, -0.25) is 4.31 Å². The molecule has 1 aromatic carbocycles. The lowest BCUT2D eigenvalue weighted by Gasteiger charge is -2.20. The number of nitrogens with zero attached hydrogens (tertiary/aromatic N) is 1. The minimum atomic E-state index is -3.36. The van der Waals surface area contributed by atoms with Crippen molar-refractivity contribution < 1.29 is 17.9 Å². The van der Waals surface area contributed by atoms with Crippen LogP contribution in [0, 0.1) is 0 Å². The molecule has 2 rings (SSSR count). The van der Waals surface area contributed by atoms with Crippen LogP contribution in [0.1, 0.15) is 6.42 Å². The van der Waals surface area contributed by atoms with E-state index in [9.17, 15) is 8.42 Å². The molecule has 1 atom stereocenters. The number of hydrogen-bond donors (Lipinski definition) is 1. The quantitative estimate of drug-likeness (QED) is 0.875. The van der Waals surface area contributed by atoms with Crippen molar-refractivity contribution in [3.8, 4) is 11.5 Å². The Kier molecular flexibility index (Phi) is 3.86. The number of ether oxygens (including phenoxy) is 2. The van der Waals surface area contributed by atoms with Gasteiger partial charge < -0.3 is 15.2 Å². The highest BCUT2D eigenvalue weighted by Gasteiger charge is 2.38. The Bertz CT molecular complexity index is 559. The van der Waals surface area contributed by atoms with Crippen LogP contribution in [0.4, 0.5) is 5.69 Å². The molecule has 0 aromatic heterocycles. The number of methoxy groups -OCH3 is 2. The Morgan fingerprint density at radius 1 is 1.32 bits per heavy atom. The first-order valence-corrected chi connectivity index (χ1v) is 7.48. The largest absolute Gasteiger partial charge is 0.493 e. The summed E-state index contributed by atoms with van der Waals surface area (Å²) >= 11 is 0. The summed E-state index contributed by atoms with van der Waals surface area (Å²) in [5, 5.41) is -0.499. The highest BCUT2D eigenvalue weighted by Crippen LogP contribution is 2.35. The van der Waals surface area contributed by atoms with Gasteiger partial charge in [-0.2, -0.15) is 0 Å². The molecule has 0 aliphatic carbocycles. The number of nitrogens with two attached hydrogens (primary N) is 1. The van der Waals surface area contributed by atoms with Gasteiger partial charge in [0.25, 0.3) is 0 Å². The molecule has 0 spiro atoms. The lowest BCUT2D eigenvalue weighted by molar-refractivity contribution is 0.355. The van der Waals surface area contributed by atoms with Gasteiger partial charge in [0.1, 0.15) is 0 Å². The van der Waals surface area contributed by atoms with E-state index in [0.29, 0.717) is 30.2 Å². The maximum absolute atomic E-state index is 12.3. The summed E-state index contributed by atoms with van der Waals surface area (Å²) in [4.78, 5) is 0. The molecule has 19 heavy (non-hydrogen) atoms. The SMILES string of the molecule is COc1ccc(N2CCC(CN)S2(=O)=O)cc1OC. The molecule has 1 aromatic rings. The third-order valence-electron chi connectivity index (χ3n) is 3.30. The summed E-state index contributed by atoms with van der Waals surface area (Å²) in [6, 6.07) is 5.06. The van der Waals surface area contributed by atoms with Crippen molar-refractivity contribution in [3.05, 3.63) is 18.2 Å². The van der Waals surface area contributed by atoms with Crippen molar-refractivity contribution in [2.24, 2.45) is 5.73 Å². The molecule has 1 saturated heterocycles. The van der Waals surface area contributed by atoms with E-state index in [2.05, 4.69) is 0 Å². The van der Waals surface area contributed by atoms with Crippen molar-refractivity contribution in [1.29, 1.82) is 0 Å². The standard InChI is InChI=1S/C12H18N2O4S/c1-17-11-4-3-9(7-12(11)18-2)14-6-5-10(8-13)19(14,15)16/h3-4,7,10H,5-6,8,13H2,1-2H3. The van der Waals surface area contributed by atoms with Gasteiger partial charge >= 0.3 is 0 Å². The zero-order valence-corrected chi connectivity index (χ0v) is 11.8. The van der Waals surface area contributed by atoms with Crippen molar-refractivity contribution >= 4 is 15.7 Å². The summed E-state index contributed by atoms with van der Waals surface area (Å²) in [5.41, 5.74) is 6.08. The number of hydrogen-bond acceptors (Lipinski definition) is 5. The third-order valence-corrected chi connectivity index (χ3v) is 5.58. The van der Waals surface area contributed by atoms with Crippen LogP contribution in [0.2, 0.25) is 0 Å². The van der Waals surface area contributed by atoms with Crippen molar-refractivity contribution in [2.75, 3.05) is 31.6 Å². The molecule has 1 fully saturated rings. The Morgan fingerprint density at radius 2 is 2.00 bits per heavy atom. The number of anilines is 1. The zero-order chi connectivity index (χ0) is 14.0. The molecule has 0 saturated carbocycles. The molecule has 1 aliphatic rings. The first-order valence-electron chi connectivity index (χ1n) is 5.98. The van der Waals surface area contributed by atoms with E-state index < -0.39 is 15.3 Å². The van der Waals surface area contributed by atoms with E-state index in [4.69, 9.17) is 15.2 Å². The van der Waals surface area contributed by atoms with Crippen LogP contribution in [0.5, 0.6) is 11.5 Å². The summed E-state index contributed by atoms with van der Waals surface area (Å²) in [5.74, 6) is 1.07. The van der Waals surface area contributed by atoms with Gasteiger partial charge in [0.15, 0.2) is 11.5 Å². The van der Waals surface area contributed by atoms with E-state index >= 15 is 0 Å². The normalized spacial score (nSPS) is 21.4. The molecule has 0 amide bonds. The maximum Gasteiger partial charge on any atom is 0.239 e. The maximum atomic E-state index is 12.3. The second-order valence-corrected chi connectivity index (χ2v) is 6.44. The fourth-order valence-electron chi connectivity index (χ4n) is 2.21. The Labute approximate surface area is 113 Å². The fourth-order valence-corrected chi connectivity index (χ4v) is 3.99. The van der Waals surface area contributed by atoms with Gasteiger partial charge in [0.05, 0.1) is 25.2 Å². The van der Waals surface area contributed by atoms with Crippen molar-refractivity contribution in [1.82, 2.24) is 0 Å². The molecular weight excluding hydrogens is 268 g/mol. The second-order valence-electron chi connectivity index (χ2n) is 4.30. The van der Waals surface area contributed by atoms with E-state index in [1.165, 1.54) is 18.5 Å². The molecular formula is C12H18N2O4S. The second kappa shape index (κ2) is 5.26. The van der Waals surface area contributed by atoms with Gasteiger partial charge in [-0.05, 0) is 18.6 Å². The molecule has 7 heteroatoms. The Hall–Kier alpha value is -1.47. The van der Waals surface area contributed by atoms with Gasteiger partial charge in [-0.25, -0.2) is 8.42 Å². The first-order chi connectivity index (χ1) is 9.04. The zero-order valence-electron chi connectivity index (χ0n) is 11.0. The molecule has 2 N–H and O–H groups in total. The molecule has 1 heterocycles. The third kappa shape index (κ3) is 2.35. The monoisotopic (exact) mass is 286 g/mol. The average molecular weight is 286 g/mol. The minimum Gasteiger partial charge on any atom is -0.493 e. The molecule has 6 nitrogen and oxygen atoms in total. The number of benzene rings is 1. The van der Waals surface area contributed by atoms with Crippen molar-refractivity contribution in [2.45, 2.75) is 11.7 Å². The number of rotatable bonds is 4. The van der Waals surface area contributed by atoms with Crippen LogP contribution in [0.15, 0.2) is 18.2 Å². The van der Waals surface area contributed by atoms with Crippen LogP contribution >= 0.6 is 0 Å². The topological polar surface area (TPSA) is 81.9 Å². The predicted octanol–water partition coefficient (Wildman–Crippen LogP) is 0.571. The van der Waals surface area contributed by atoms with E-state index in [-0.39, 0.29) is 6.54 Å². The minimum absolute atomic E-state index is 0.145. The molecule has 106 valence electrons. The lowest BCUT2D eigenvalue weighted by atomic mass is 10.2. The summed E-state index contributed by atoms with van der Waals surface area (Å²) in [6.45, 7) is 0.589. The first kappa shape index (κ1) is 14.0. The molecule has 0 bridgehead atoms. The van der Waals surface area contributed by atoms with Crippen LogP contribution < -0.4 is 19.5 Å². The predicted molar refractivity (Wildman–Crippen MR) is 73.3 cm³/mol.